The first-order chi connectivity index (χ1) is 12.0. The Morgan fingerprint density at radius 3 is 2.52 bits per heavy atom. The number of cyclic esters (lactones) is 1. The molecule has 25 heavy (non-hydrogen) atoms. The highest BCUT2D eigenvalue weighted by atomic mass is 16.6. The van der Waals surface area contributed by atoms with Crippen molar-refractivity contribution in [1.29, 1.82) is 0 Å². The third-order valence-electron chi connectivity index (χ3n) is 3.69. The first-order valence-corrected chi connectivity index (χ1v) is 7.21. The fourth-order valence-electron chi connectivity index (χ4n) is 2.46. The van der Waals surface area contributed by atoms with Crippen LogP contribution >= 0.6 is 0 Å². The van der Waals surface area contributed by atoms with E-state index >= 15 is 0 Å². The van der Waals surface area contributed by atoms with Crippen molar-refractivity contribution in [1.82, 2.24) is 0 Å². The molecule has 8 heteroatoms. The van der Waals surface area contributed by atoms with Gasteiger partial charge in [-0.2, -0.15) is 0 Å². The van der Waals surface area contributed by atoms with E-state index < -0.39 is 23.0 Å². The lowest BCUT2D eigenvalue weighted by atomic mass is 10.0. The number of fused-ring (bicyclic) bond motifs is 1. The number of carbonyl (C=O) groups is 2. The number of nitrogens with zero attached hydrogens (tertiary/aromatic N) is 1. The molecule has 2 aromatic carbocycles. The van der Waals surface area contributed by atoms with E-state index in [1.54, 1.807) is 24.3 Å². The maximum Gasteiger partial charge on any atom is 0.339 e. The van der Waals surface area contributed by atoms with Gasteiger partial charge in [-0.3, -0.25) is 10.1 Å². The number of esters is 1. The quantitative estimate of drug-likeness (QED) is 0.488. The fourth-order valence-corrected chi connectivity index (χ4v) is 2.46. The van der Waals surface area contributed by atoms with Gasteiger partial charge in [-0.05, 0) is 30.3 Å². The lowest BCUT2D eigenvalue weighted by Gasteiger charge is -2.09. The van der Waals surface area contributed by atoms with Crippen LogP contribution in [-0.4, -0.2) is 22.0 Å². The Balaban J connectivity index is 1.87. The van der Waals surface area contributed by atoms with Crippen molar-refractivity contribution in [3.05, 3.63) is 87.2 Å². The fraction of sp³-hybridized carbons (Fsp3) is 0.0588. The van der Waals surface area contributed by atoms with Crippen LogP contribution in [0.3, 0.4) is 0 Å². The Kier molecular flexibility index (Phi) is 4.17. The van der Waals surface area contributed by atoms with Crippen molar-refractivity contribution >= 4 is 17.6 Å². The summed E-state index contributed by atoms with van der Waals surface area (Å²) in [7, 11) is 0. The second-order valence-electron chi connectivity index (χ2n) is 5.23. The van der Waals surface area contributed by atoms with Crippen molar-refractivity contribution < 1.29 is 24.4 Å². The Labute approximate surface area is 141 Å². The third-order valence-corrected chi connectivity index (χ3v) is 3.69. The Morgan fingerprint density at radius 2 is 1.88 bits per heavy atom. The van der Waals surface area contributed by atoms with Gasteiger partial charge in [0.2, 0.25) is 6.10 Å². The maximum atomic E-state index is 11.8. The summed E-state index contributed by atoms with van der Waals surface area (Å²) >= 11 is 0. The SMILES string of the molecule is O=C(O)c1ccc(NC=C(C2OC(=O)c3ccccc32)[N+](=O)[O-])cc1. The van der Waals surface area contributed by atoms with Crippen molar-refractivity contribution in [3.63, 3.8) is 0 Å². The standard InChI is InChI=1S/C17H12N2O6/c20-16(21)10-5-7-11(8-6-10)18-9-14(19(23)24)15-12-3-1-2-4-13(12)17(22)25-15/h1-9,15,18H,(H,20,21). The molecule has 0 aromatic heterocycles. The van der Waals surface area contributed by atoms with Gasteiger partial charge in [0.05, 0.1) is 22.3 Å². The first kappa shape index (κ1) is 16.2. The number of hydrogen-bond acceptors (Lipinski definition) is 6. The minimum absolute atomic E-state index is 0.0997. The molecule has 1 atom stereocenters. The molecule has 0 saturated heterocycles. The zero-order valence-corrected chi connectivity index (χ0v) is 12.7. The molecule has 1 heterocycles. The summed E-state index contributed by atoms with van der Waals surface area (Å²) in [6.07, 6.45) is 0.0278. The molecule has 2 aromatic rings. The molecule has 0 spiro atoms. The molecule has 1 aliphatic heterocycles. The number of carboxylic acid groups (broad SMARTS) is 1. The van der Waals surface area contributed by atoms with Gasteiger partial charge in [-0.15, -0.1) is 0 Å². The van der Waals surface area contributed by atoms with Crippen molar-refractivity contribution in [2.45, 2.75) is 6.10 Å². The summed E-state index contributed by atoms with van der Waals surface area (Å²) in [5, 5.41) is 23.0. The summed E-state index contributed by atoms with van der Waals surface area (Å²) in [6.45, 7) is 0. The van der Waals surface area contributed by atoms with Crippen LogP contribution in [0.5, 0.6) is 0 Å². The first-order valence-electron chi connectivity index (χ1n) is 7.21. The summed E-state index contributed by atoms with van der Waals surface area (Å²) in [6, 6.07) is 12.2. The van der Waals surface area contributed by atoms with Crippen molar-refractivity contribution in [3.8, 4) is 0 Å². The number of nitrogens with one attached hydrogen (secondary N) is 1. The zero-order valence-electron chi connectivity index (χ0n) is 12.7. The minimum Gasteiger partial charge on any atom is -0.478 e. The average molecular weight is 340 g/mol. The molecule has 0 amide bonds. The monoisotopic (exact) mass is 340 g/mol. The van der Waals surface area contributed by atoms with E-state index in [0.29, 0.717) is 16.8 Å². The van der Waals surface area contributed by atoms with Gasteiger partial charge in [-0.1, -0.05) is 18.2 Å². The molecular weight excluding hydrogens is 328 g/mol. The molecule has 2 N–H and O–H groups in total. The Hall–Kier alpha value is -3.68. The van der Waals surface area contributed by atoms with Crippen LogP contribution < -0.4 is 5.32 Å². The van der Waals surface area contributed by atoms with Gasteiger partial charge < -0.3 is 15.2 Å². The number of nitro groups is 1. The molecule has 0 saturated carbocycles. The molecular formula is C17H12N2O6. The second kappa shape index (κ2) is 6.44. The van der Waals surface area contributed by atoms with Crippen LogP contribution in [0.25, 0.3) is 0 Å². The van der Waals surface area contributed by atoms with Crippen LogP contribution in [0.4, 0.5) is 5.69 Å². The van der Waals surface area contributed by atoms with Gasteiger partial charge >= 0.3 is 17.6 Å². The number of carbonyl (C=O) groups excluding carboxylic acids is 1. The normalized spacial score (nSPS) is 16.1. The maximum absolute atomic E-state index is 11.8. The van der Waals surface area contributed by atoms with Crippen molar-refractivity contribution in [2.75, 3.05) is 5.32 Å². The molecule has 8 nitrogen and oxygen atoms in total. The molecule has 0 bridgehead atoms. The predicted octanol–water partition coefficient (Wildman–Crippen LogP) is 2.83. The molecule has 0 fully saturated rings. The van der Waals surface area contributed by atoms with E-state index in [2.05, 4.69) is 5.32 Å². The molecule has 0 aliphatic carbocycles. The second-order valence-corrected chi connectivity index (χ2v) is 5.23. The summed E-state index contributed by atoms with van der Waals surface area (Å²) < 4.78 is 5.13. The Morgan fingerprint density at radius 1 is 1.20 bits per heavy atom. The highest BCUT2D eigenvalue weighted by molar-refractivity contribution is 5.94. The molecule has 3 rings (SSSR count). The lowest BCUT2D eigenvalue weighted by molar-refractivity contribution is -0.436. The predicted molar refractivity (Wildman–Crippen MR) is 86.7 cm³/mol. The van der Waals surface area contributed by atoms with Gasteiger partial charge in [0.1, 0.15) is 0 Å². The van der Waals surface area contributed by atoms with Gasteiger partial charge in [-0.25, -0.2) is 9.59 Å². The van der Waals surface area contributed by atoms with Crippen LogP contribution in [-0.2, 0) is 4.74 Å². The molecule has 1 aliphatic rings. The summed E-state index contributed by atoms with van der Waals surface area (Å²) in [4.78, 5) is 33.4. The number of benzene rings is 2. The number of hydrogen-bond donors (Lipinski definition) is 2. The highest BCUT2D eigenvalue weighted by Crippen LogP contribution is 2.35. The van der Waals surface area contributed by atoms with E-state index in [9.17, 15) is 19.7 Å². The summed E-state index contributed by atoms with van der Waals surface area (Å²) in [5.41, 5.74) is 0.954. The third kappa shape index (κ3) is 3.18. The van der Waals surface area contributed by atoms with Crippen LogP contribution in [0.1, 0.15) is 32.4 Å². The Bertz CT molecular complexity index is 888. The van der Waals surface area contributed by atoms with Crippen molar-refractivity contribution in [2.24, 2.45) is 0 Å². The van der Waals surface area contributed by atoms with Gasteiger partial charge in [0.15, 0.2) is 0 Å². The zero-order chi connectivity index (χ0) is 18.0. The number of ether oxygens (including phenoxy) is 1. The highest BCUT2D eigenvalue weighted by Gasteiger charge is 2.39. The number of anilines is 1. The smallest absolute Gasteiger partial charge is 0.339 e. The largest absolute Gasteiger partial charge is 0.478 e. The van der Waals surface area contributed by atoms with E-state index in [0.717, 1.165) is 6.20 Å². The van der Waals surface area contributed by atoms with E-state index in [4.69, 9.17) is 9.84 Å². The minimum atomic E-state index is -1.11. The van der Waals surface area contributed by atoms with Crippen LogP contribution in [0, 0.1) is 10.1 Å². The number of carboxylic acids is 1. The van der Waals surface area contributed by atoms with E-state index in [1.165, 1.54) is 24.3 Å². The number of rotatable bonds is 5. The topological polar surface area (TPSA) is 119 Å². The van der Waals surface area contributed by atoms with Gasteiger partial charge in [0, 0.05) is 11.3 Å². The van der Waals surface area contributed by atoms with Crippen LogP contribution in [0.2, 0.25) is 0 Å². The van der Waals surface area contributed by atoms with E-state index in [-0.39, 0.29) is 11.3 Å². The lowest BCUT2D eigenvalue weighted by Crippen LogP contribution is -2.12. The average Bonchev–Trinajstić information content (AvgIpc) is 2.92. The summed E-state index contributed by atoms with van der Waals surface area (Å²) in [5.74, 6) is -1.68. The molecule has 126 valence electrons. The number of aromatic carboxylic acids is 1. The molecule has 0 radical (unpaired) electrons. The molecule has 1 unspecified atom stereocenters. The van der Waals surface area contributed by atoms with Gasteiger partial charge in [0.25, 0.3) is 0 Å². The van der Waals surface area contributed by atoms with Crippen LogP contribution in [0.15, 0.2) is 60.4 Å². The van der Waals surface area contributed by atoms with E-state index in [1.807, 2.05) is 0 Å².